The molecule has 2 amide bonds. The Kier molecular flexibility index (Phi) is 3.18. The zero-order valence-electron chi connectivity index (χ0n) is 9.20. The van der Waals surface area contributed by atoms with Gasteiger partial charge >= 0.3 is 0 Å². The first-order valence-corrected chi connectivity index (χ1v) is 5.38. The van der Waals surface area contributed by atoms with Gasteiger partial charge in [0.25, 0.3) is 11.8 Å². The molecule has 0 N–H and O–H groups in total. The fourth-order valence-corrected chi connectivity index (χ4v) is 1.67. The molecule has 5 heteroatoms. The summed E-state index contributed by atoms with van der Waals surface area (Å²) >= 11 is 0. The lowest BCUT2D eigenvalue weighted by atomic mass is 10.3. The predicted octanol–water partition coefficient (Wildman–Crippen LogP) is 0.833. The minimum atomic E-state index is -0.302. The standard InChI is InChI=1S/C12H12N2O3/c15-10(13-7-1-2-8-13)4-3-9-14-11(16)5-6-12(14)17/h1-2,5-8H,3-4,9H2. The second-order valence-corrected chi connectivity index (χ2v) is 3.75. The second kappa shape index (κ2) is 4.78. The fourth-order valence-electron chi connectivity index (χ4n) is 1.67. The molecule has 0 bridgehead atoms. The van der Waals surface area contributed by atoms with Crippen LogP contribution in [0, 0.1) is 0 Å². The third-order valence-electron chi connectivity index (χ3n) is 2.57. The van der Waals surface area contributed by atoms with Crippen molar-refractivity contribution < 1.29 is 14.4 Å². The smallest absolute Gasteiger partial charge is 0.253 e. The van der Waals surface area contributed by atoms with Crippen molar-refractivity contribution in [3.63, 3.8) is 0 Å². The van der Waals surface area contributed by atoms with Crippen LogP contribution in [-0.4, -0.2) is 33.7 Å². The van der Waals surface area contributed by atoms with Crippen molar-refractivity contribution in [1.82, 2.24) is 9.47 Å². The van der Waals surface area contributed by atoms with Gasteiger partial charge in [-0.05, 0) is 18.6 Å². The van der Waals surface area contributed by atoms with Gasteiger partial charge in [0.1, 0.15) is 0 Å². The highest BCUT2D eigenvalue weighted by Crippen LogP contribution is 2.06. The van der Waals surface area contributed by atoms with Crippen LogP contribution >= 0.6 is 0 Å². The largest absolute Gasteiger partial charge is 0.295 e. The van der Waals surface area contributed by atoms with E-state index in [2.05, 4.69) is 0 Å². The molecular formula is C12H12N2O3. The van der Waals surface area contributed by atoms with Gasteiger partial charge < -0.3 is 0 Å². The lowest BCUT2D eigenvalue weighted by Gasteiger charge is -2.12. The van der Waals surface area contributed by atoms with Crippen LogP contribution < -0.4 is 0 Å². The van der Waals surface area contributed by atoms with Crippen LogP contribution in [0.4, 0.5) is 0 Å². The number of hydrogen-bond donors (Lipinski definition) is 0. The Hall–Kier alpha value is -2.17. The van der Waals surface area contributed by atoms with Crippen LogP contribution in [0.15, 0.2) is 36.7 Å². The molecule has 0 fully saturated rings. The summed E-state index contributed by atoms with van der Waals surface area (Å²) in [6.07, 6.45) is 6.64. The van der Waals surface area contributed by atoms with Crippen LogP contribution in [0.3, 0.4) is 0 Å². The first kappa shape index (κ1) is 11.3. The molecule has 0 aromatic carbocycles. The molecule has 0 atom stereocenters. The van der Waals surface area contributed by atoms with Gasteiger partial charge in [0.05, 0.1) is 0 Å². The van der Waals surface area contributed by atoms with E-state index in [1.54, 1.807) is 24.5 Å². The molecule has 88 valence electrons. The van der Waals surface area contributed by atoms with Crippen molar-refractivity contribution in [1.29, 1.82) is 0 Å². The molecule has 0 aliphatic carbocycles. The molecular weight excluding hydrogens is 220 g/mol. The highest BCUT2D eigenvalue weighted by molar-refractivity contribution is 6.12. The monoisotopic (exact) mass is 232 g/mol. The Balaban J connectivity index is 1.79. The van der Waals surface area contributed by atoms with Crippen molar-refractivity contribution in [2.45, 2.75) is 12.8 Å². The van der Waals surface area contributed by atoms with E-state index in [0.29, 0.717) is 12.8 Å². The molecule has 17 heavy (non-hydrogen) atoms. The zero-order valence-corrected chi connectivity index (χ0v) is 9.20. The van der Waals surface area contributed by atoms with E-state index in [9.17, 15) is 14.4 Å². The van der Waals surface area contributed by atoms with E-state index in [-0.39, 0.29) is 24.3 Å². The maximum atomic E-state index is 11.6. The number of carbonyl (C=O) groups is 3. The van der Waals surface area contributed by atoms with Crippen LogP contribution in [0.5, 0.6) is 0 Å². The lowest BCUT2D eigenvalue weighted by Crippen LogP contribution is -2.31. The highest BCUT2D eigenvalue weighted by Gasteiger charge is 2.22. The van der Waals surface area contributed by atoms with Crippen LogP contribution in [-0.2, 0) is 9.59 Å². The number of imide groups is 1. The van der Waals surface area contributed by atoms with Gasteiger partial charge in [0, 0.05) is 37.5 Å². The predicted molar refractivity (Wildman–Crippen MR) is 60.2 cm³/mol. The first-order valence-electron chi connectivity index (χ1n) is 5.38. The molecule has 1 aliphatic rings. The van der Waals surface area contributed by atoms with E-state index in [1.807, 2.05) is 0 Å². The number of nitrogens with zero attached hydrogens (tertiary/aromatic N) is 2. The van der Waals surface area contributed by atoms with Gasteiger partial charge in [0.2, 0.25) is 5.91 Å². The maximum absolute atomic E-state index is 11.6. The molecule has 1 aromatic rings. The van der Waals surface area contributed by atoms with Crippen LogP contribution in [0.25, 0.3) is 0 Å². The summed E-state index contributed by atoms with van der Waals surface area (Å²) in [5.41, 5.74) is 0. The van der Waals surface area contributed by atoms with Crippen molar-refractivity contribution in [2.24, 2.45) is 0 Å². The van der Waals surface area contributed by atoms with Gasteiger partial charge in [0.15, 0.2) is 0 Å². The van der Waals surface area contributed by atoms with Crippen molar-refractivity contribution >= 4 is 17.7 Å². The number of rotatable bonds is 4. The van der Waals surface area contributed by atoms with Crippen molar-refractivity contribution in [3.05, 3.63) is 36.7 Å². The zero-order chi connectivity index (χ0) is 12.3. The number of hydrogen-bond acceptors (Lipinski definition) is 3. The summed E-state index contributed by atoms with van der Waals surface area (Å²) in [6, 6.07) is 3.55. The Morgan fingerprint density at radius 1 is 1.06 bits per heavy atom. The van der Waals surface area contributed by atoms with Crippen LogP contribution in [0.2, 0.25) is 0 Å². The van der Waals surface area contributed by atoms with E-state index in [0.717, 1.165) is 4.90 Å². The Bertz CT molecular complexity index is 456. The molecule has 5 nitrogen and oxygen atoms in total. The normalized spacial score (nSPS) is 14.7. The SMILES string of the molecule is O=C1C=CC(=O)N1CCCC(=O)n1cccc1. The van der Waals surface area contributed by atoms with E-state index >= 15 is 0 Å². The lowest BCUT2D eigenvalue weighted by molar-refractivity contribution is -0.136. The van der Waals surface area contributed by atoms with Gasteiger partial charge in [-0.15, -0.1) is 0 Å². The summed E-state index contributed by atoms with van der Waals surface area (Å²) in [5.74, 6) is -0.645. The van der Waals surface area contributed by atoms with Gasteiger partial charge in [-0.2, -0.15) is 0 Å². The molecule has 0 saturated carbocycles. The van der Waals surface area contributed by atoms with Crippen molar-refractivity contribution in [3.8, 4) is 0 Å². The van der Waals surface area contributed by atoms with Gasteiger partial charge in [-0.3, -0.25) is 23.9 Å². The minimum absolute atomic E-state index is 0.0398. The van der Waals surface area contributed by atoms with E-state index < -0.39 is 0 Å². The third-order valence-corrected chi connectivity index (χ3v) is 2.57. The summed E-state index contributed by atoms with van der Waals surface area (Å²) < 4.78 is 1.49. The summed E-state index contributed by atoms with van der Waals surface area (Å²) in [5, 5.41) is 0. The van der Waals surface area contributed by atoms with Crippen molar-refractivity contribution in [2.75, 3.05) is 6.54 Å². The van der Waals surface area contributed by atoms with E-state index in [4.69, 9.17) is 0 Å². The minimum Gasteiger partial charge on any atom is -0.295 e. The molecule has 0 saturated heterocycles. The van der Waals surface area contributed by atoms with Gasteiger partial charge in [-0.1, -0.05) is 0 Å². The topological polar surface area (TPSA) is 59.4 Å². The molecule has 2 rings (SSSR count). The molecule has 0 unspecified atom stereocenters. The van der Waals surface area contributed by atoms with Gasteiger partial charge in [-0.25, -0.2) is 0 Å². The second-order valence-electron chi connectivity index (χ2n) is 3.75. The third kappa shape index (κ3) is 2.50. The summed E-state index contributed by atoms with van der Waals surface area (Å²) in [4.78, 5) is 35.2. The summed E-state index contributed by atoms with van der Waals surface area (Å²) in [6.45, 7) is 0.289. The number of amides is 2. The number of carbonyl (C=O) groups excluding carboxylic acids is 3. The fraction of sp³-hybridized carbons (Fsp3) is 0.250. The molecule has 0 radical (unpaired) electrons. The quantitative estimate of drug-likeness (QED) is 0.722. The molecule has 1 aromatic heterocycles. The molecule has 0 spiro atoms. The first-order chi connectivity index (χ1) is 8.18. The van der Waals surface area contributed by atoms with E-state index in [1.165, 1.54) is 16.7 Å². The Morgan fingerprint density at radius 3 is 2.24 bits per heavy atom. The maximum Gasteiger partial charge on any atom is 0.253 e. The molecule has 2 heterocycles. The Morgan fingerprint density at radius 2 is 1.65 bits per heavy atom. The van der Waals surface area contributed by atoms with Crippen LogP contribution in [0.1, 0.15) is 17.6 Å². The average Bonchev–Trinajstić information content (AvgIpc) is 2.93. The highest BCUT2D eigenvalue weighted by atomic mass is 16.2. The summed E-state index contributed by atoms with van der Waals surface area (Å²) in [7, 11) is 0. The number of aromatic nitrogens is 1. The Labute approximate surface area is 98.3 Å². The molecule has 1 aliphatic heterocycles. The average molecular weight is 232 g/mol.